The first-order valence-electron chi connectivity index (χ1n) is 9.72. The number of methoxy groups -OCH3 is 2. The van der Waals surface area contributed by atoms with Gasteiger partial charge in [0.1, 0.15) is 0 Å². The van der Waals surface area contributed by atoms with Crippen LogP contribution in [0.3, 0.4) is 0 Å². The zero-order chi connectivity index (χ0) is 32.8. The molecule has 0 aromatic rings. The van der Waals surface area contributed by atoms with Crippen LogP contribution in [0.15, 0.2) is 0 Å². The van der Waals surface area contributed by atoms with Gasteiger partial charge in [0.2, 0.25) is 0 Å². The normalized spacial score (nSPS) is 1.92. The van der Waals surface area contributed by atoms with Gasteiger partial charge in [-0.05, 0) is 13.8 Å². The monoisotopic (exact) mass is 1150 g/mol. The Bertz CT molecular complexity index is 71.9. The van der Waals surface area contributed by atoms with Crippen molar-refractivity contribution in [3.05, 3.63) is 0 Å². The third-order valence-electron chi connectivity index (χ3n) is 0.289. The molecule has 19 heteroatoms. The molecule has 0 rings (SSSR count). The maximum Gasteiger partial charge on any atom is 0.0433 e. The van der Waals surface area contributed by atoms with Gasteiger partial charge in [0, 0.05) is 106 Å². The zero-order valence-electron chi connectivity index (χ0n) is 29.2. The van der Waals surface area contributed by atoms with Crippen LogP contribution in [0.2, 0.25) is 0 Å². The molecule has 0 unspecified atom stereocenters. The van der Waals surface area contributed by atoms with Crippen molar-refractivity contribution in [3.8, 4) is 0 Å². The molecule has 0 saturated carbocycles. The topological polar surface area (TPSA) is 430 Å². The van der Waals surface area contributed by atoms with Crippen molar-refractivity contribution >= 4 is 0 Å². The molecule has 0 aromatic heterocycles. The van der Waals surface area contributed by atoms with E-state index in [1.165, 1.54) is 0 Å². The number of hydrogen-bond acceptors (Lipinski definition) is 13. The molecule has 0 heterocycles. The van der Waals surface area contributed by atoms with Gasteiger partial charge in [-0.25, -0.2) is 0 Å². The molecule has 0 saturated heterocycles. The van der Waals surface area contributed by atoms with E-state index < -0.39 is 0 Å². The van der Waals surface area contributed by atoms with Gasteiger partial charge >= 0.3 is 0 Å². The lowest BCUT2D eigenvalue weighted by Crippen LogP contribution is -1.73. The van der Waals surface area contributed by atoms with E-state index in [0.29, 0.717) is 0 Å². The Morgan fingerprint density at radius 1 is 0.208 bits per heavy atom. The Morgan fingerprint density at radius 2 is 0.222 bits per heavy atom. The van der Waals surface area contributed by atoms with E-state index in [1.807, 2.05) is 34.6 Å². The SMILES string of the molecule is C.C.C.C.C.C.C.C.C.C.C.C.C.C.C.C.C.C.C.C.C.C.C.C.C.C.C.C.C.C.C.C.CC.CC.CCO.CCOC.CO.CO.CO.CO.CO.CO.CO.CO.CO.CO.COC.O.O.O.O.O.O. The highest BCUT2D eigenvalue weighted by Crippen LogP contribution is 1.52. The van der Waals surface area contributed by atoms with Crippen LogP contribution in [-0.4, -0.2) is 195 Å². The molecule has 19 nitrogen and oxygen atoms in total. The largest absolute Gasteiger partial charge is 0.412 e. The number of rotatable bonds is 1. The Morgan fingerprint density at radius 3 is 0.222 bits per heavy atom. The summed E-state index contributed by atoms with van der Waals surface area (Å²) in [5.41, 5.74) is 0. The summed E-state index contributed by atoms with van der Waals surface area (Å²) in [4.78, 5) is 0. The molecule has 23 N–H and O–H groups in total. The smallest absolute Gasteiger partial charge is 0.0433 e. The van der Waals surface area contributed by atoms with Crippen LogP contribution in [0.1, 0.15) is 279 Å². The molecule has 0 spiro atoms. The van der Waals surface area contributed by atoms with Crippen molar-refractivity contribution in [2.24, 2.45) is 0 Å². The lowest BCUT2D eigenvalue weighted by atomic mass is 10.9. The number of aliphatic hydroxyl groups is 11. The molecule has 0 aromatic carbocycles. The van der Waals surface area contributed by atoms with Crippen LogP contribution in [0.5, 0.6) is 0 Å². The van der Waals surface area contributed by atoms with Crippen LogP contribution in [0, 0.1) is 0 Å². The van der Waals surface area contributed by atoms with Gasteiger partial charge in [0.25, 0.3) is 0 Å². The molecule has 0 aliphatic carbocycles. The third kappa shape index (κ3) is 5600000. The predicted octanol–water partition coefficient (Wildman–Crippen LogP) is 14.5. The van der Waals surface area contributed by atoms with E-state index >= 15 is 0 Å². The Labute approximate surface area is 482 Å². The summed E-state index contributed by atoms with van der Waals surface area (Å²) in [6.45, 7) is 12.7. The fraction of sp³-hybridized carbons (Fsp3) is 1.00. The van der Waals surface area contributed by atoms with Gasteiger partial charge in [-0.3, -0.25) is 0 Å². The van der Waals surface area contributed by atoms with Gasteiger partial charge in [0.15, 0.2) is 0 Å². The average Bonchev–Trinajstić information content (AvgIpc) is 3.02. The highest BCUT2D eigenvalue weighted by Gasteiger charge is 1.51. The minimum absolute atomic E-state index is 0. The highest BCUT2D eigenvalue weighted by atomic mass is 16.5. The molecule has 0 aliphatic heterocycles. The van der Waals surface area contributed by atoms with E-state index in [2.05, 4.69) is 9.47 Å². The van der Waals surface area contributed by atoms with Gasteiger partial charge in [-0.15, -0.1) is 0 Å². The van der Waals surface area contributed by atoms with Crippen LogP contribution < -0.4 is 0 Å². The maximum atomic E-state index is 7.57. The van der Waals surface area contributed by atoms with E-state index in [1.54, 1.807) is 28.3 Å². The fourth-order valence-corrected chi connectivity index (χ4v) is 0. The van der Waals surface area contributed by atoms with Crippen molar-refractivity contribution in [1.82, 2.24) is 0 Å². The van der Waals surface area contributed by atoms with E-state index in [-0.39, 0.29) is 277 Å². The summed E-state index contributed by atoms with van der Waals surface area (Å²) in [7, 11) is 14.9. The first-order chi connectivity index (χ1) is 16.7. The first kappa shape index (κ1) is 1060. The van der Waals surface area contributed by atoms with Crippen LogP contribution in [-0.2, 0) is 9.47 Å². The summed E-state index contributed by atoms with van der Waals surface area (Å²) in [5.74, 6) is 0. The van der Waals surface area contributed by atoms with Crippen molar-refractivity contribution in [2.45, 2.75) is 279 Å². The summed E-state index contributed by atoms with van der Waals surface area (Å²) in [5, 5.41) is 77.6. The molecule has 72 heavy (non-hydrogen) atoms. The average molecular weight is 1150 g/mol. The van der Waals surface area contributed by atoms with E-state index in [0.717, 1.165) is 77.7 Å². The summed E-state index contributed by atoms with van der Waals surface area (Å²) in [6.07, 6.45) is 0. The third-order valence-corrected chi connectivity index (χ3v) is 0.289. The van der Waals surface area contributed by atoms with Crippen LogP contribution >= 0.6 is 0 Å². The predicted molar refractivity (Wildman–Crippen MR) is 384 cm³/mol. The van der Waals surface area contributed by atoms with E-state index in [9.17, 15) is 0 Å². The highest BCUT2D eigenvalue weighted by molar-refractivity contribution is 3.94. The first-order valence-corrected chi connectivity index (χ1v) is 9.72. The Hall–Kier alpha value is -0.760. The molecule has 0 amide bonds. The maximum absolute atomic E-state index is 7.57. The molecule has 0 atom stereocenters. The second-order valence-corrected chi connectivity index (χ2v) is 1.30. The van der Waals surface area contributed by atoms with Crippen molar-refractivity contribution in [2.75, 3.05) is 106 Å². The summed E-state index contributed by atoms with van der Waals surface area (Å²) < 4.78 is 8.79. The Balaban J connectivity index is -0.00000000102. The van der Waals surface area contributed by atoms with Gasteiger partial charge in [-0.1, -0.05) is 265 Å². The van der Waals surface area contributed by atoms with Crippen molar-refractivity contribution in [3.63, 3.8) is 0 Å². The molecular weight excluding hydrogens is 941 g/mol. The van der Waals surface area contributed by atoms with Gasteiger partial charge in [0.05, 0.1) is 0 Å². The molecular formula is C53H212O19. The van der Waals surface area contributed by atoms with Crippen LogP contribution in [0.4, 0.5) is 0 Å². The lowest BCUT2D eigenvalue weighted by Gasteiger charge is -1.76. The van der Waals surface area contributed by atoms with Crippen molar-refractivity contribution in [1.29, 1.82) is 0 Å². The Kier molecular flexibility index (Phi) is 471000. The summed E-state index contributed by atoms with van der Waals surface area (Å²) in [6, 6.07) is 0. The quantitative estimate of drug-likeness (QED) is 0.116. The zero-order valence-corrected chi connectivity index (χ0v) is 29.2. The molecule has 0 bridgehead atoms. The standard InChI is InChI=1S/C3H8O.2C2H6O.2C2H6.10CH4O.32CH4.6H2O/c1-3-4-2;1-3-2;1-2-3;12*1-2;;;;;;;;;;;;;;;;;;;;;;;;;;;;;;;;;;;;;;/h3H2,1-2H3;1-2H3;3H,2H2,1H3;2*1-2H3;10*2H,1H3;32*1H4;6*1H2. The number of aliphatic hydroxyl groups excluding tert-OH is 11. The second kappa shape index (κ2) is 32100. The second-order valence-electron chi connectivity index (χ2n) is 1.30. The molecule has 0 aliphatic rings. The van der Waals surface area contributed by atoms with Crippen LogP contribution in [0.25, 0.3) is 0 Å². The minimum atomic E-state index is 0. The molecule has 0 fully saturated rings. The molecule has 538 valence electrons. The fourth-order valence-electron chi connectivity index (χ4n) is 0. The van der Waals surface area contributed by atoms with Gasteiger partial charge < -0.3 is 98.5 Å². The van der Waals surface area contributed by atoms with Crippen molar-refractivity contribution < 1.29 is 98.5 Å². The number of hydrogen-bond donors (Lipinski definition) is 11. The molecule has 0 radical (unpaired) electrons. The number of ether oxygens (including phenoxy) is 2. The lowest BCUT2D eigenvalue weighted by molar-refractivity contribution is 0.215. The summed E-state index contributed by atoms with van der Waals surface area (Å²) >= 11 is 0. The minimum Gasteiger partial charge on any atom is -0.412 e. The van der Waals surface area contributed by atoms with Gasteiger partial charge in [-0.2, -0.15) is 0 Å². The van der Waals surface area contributed by atoms with E-state index in [4.69, 9.17) is 56.2 Å².